The summed E-state index contributed by atoms with van der Waals surface area (Å²) in [5.41, 5.74) is 4.37. The van der Waals surface area contributed by atoms with Crippen LogP contribution in [0.2, 0.25) is 0 Å². The van der Waals surface area contributed by atoms with Gasteiger partial charge in [-0.05, 0) is 35.9 Å². The molecule has 1 amide bonds. The van der Waals surface area contributed by atoms with Crippen LogP contribution in [-0.2, 0) is 4.79 Å². The fraction of sp³-hybridized carbons (Fsp3) is 0.125. The van der Waals surface area contributed by atoms with Crippen molar-refractivity contribution in [3.8, 4) is 5.75 Å². The summed E-state index contributed by atoms with van der Waals surface area (Å²) in [7, 11) is 0. The summed E-state index contributed by atoms with van der Waals surface area (Å²) < 4.78 is 5.73. The zero-order chi connectivity index (χ0) is 20.8. The number of hydrazone groups is 1. The van der Waals surface area contributed by atoms with Crippen molar-refractivity contribution in [3.63, 3.8) is 0 Å². The van der Waals surface area contributed by atoms with Gasteiger partial charge >= 0.3 is 0 Å². The molecule has 0 aliphatic rings. The Balaban J connectivity index is 1.45. The summed E-state index contributed by atoms with van der Waals surface area (Å²) in [5, 5.41) is 7.35. The molecule has 4 rings (SSSR count). The molecule has 150 valence electrons. The standard InChI is InChI=1S/C24H21N3O2S/c1-2-29-21-13-12-17-7-3-4-10-19(17)20(21)15-26-27-23(28)16-30-22-11-5-8-18-9-6-14-25-24(18)22/h3-15H,2,16H2,1H3,(H,27,28)/b26-15-. The van der Waals surface area contributed by atoms with E-state index in [1.54, 1.807) is 12.4 Å². The molecule has 5 nitrogen and oxygen atoms in total. The minimum absolute atomic E-state index is 0.178. The van der Waals surface area contributed by atoms with E-state index in [9.17, 15) is 4.79 Å². The first kappa shape index (κ1) is 19.9. The fourth-order valence-electron chi connectivity index (χ4n) is 3.23. The second kappa shape index (κ2) is 9.41. The predicted molar refractivity (Wildman–Crippen MR) is 123 cm³/mol. The summed E-state index contributed by atoms with van der Waals surface area (Å²) in [6, 6.07) is 21.8. The fourth-order valence-corrected chi connectivity index (χ4v) is 4.06. The van der Waals surface area contributed by atoms with E-state index in [1.807, 2.05) is 73.7 Å². The second-order valence-corrected chi connectivity index (χ2v) is 7.56. The van der Waals surface area contributed by atoms with E-state index in [1.165, 1.54) is 11.8 Å². The number of hydrogen-bond acceptors (Lipinski definition) is 5. The molecule has 0 aliphatic heterocycles. The number of pyridine rings is 1. The molecule has 1 N–H and O–H groups in total. The van der Waals surface area contributed by atoms with Crippen LogP contribution >= 0.6 is 11.8 Å². The molecule has 0 aliphatic carbocycles. The number of carbonyl (C=O) groups excluding carboxylic acids is 1. The van der Waals surface area contributed by atoms with Gasteiger partial charge in [0, 0.05) is 22.0 Å². The smallest absolute Gasteiger partial charge is 0.250 e. The van der Waals surface area contributed by atoms with E-state index >= 15 is 0 Å². The van der Waals surface area contributed by atoms with Gasteiger partial charge < -0.3 is 4.74 Å². The molecule has 0 radical (unpaired) electrons. The van der Waals surface area contributed by atoms with Gasteiger partial charge in [0.1, 0.15) is 5.75 Å². The summed E-state index contributed by atoms with van der Waals surface area (Å²) in [4.78, 5) is 17.7. The molecule has 0 spiro atoms. The van der Waals surface area contributed by atoms with Gasteiger partial charge in [-0.25, -0.2) is 5.43 Å². The lowest BCUT2D eigenvalue weighted by Crippen LogP contribution is -2.19. The van der Waals surface area contributed by atoms with Crippen LogP contribution in [0.5, 0.6) is 5.75 Å². The van der Waals surface area contributed by atoms with Crippen LogP contribution in [0.1, 0.15) is 12.5 Å². The molecule has 4 aromatic rings. The number of amides is 1. The number of rotatable bonds is 7. The molecule has 3 aromatic carbocycles. The van der Waals surface area contributed by atoms with Crippen molar-refractivity contribution < 1.29 is 9.53 Å². The molecule has 0 saturated carbocycles. The van der Waals surface area contributed by atoms with Crippen molar-refractivity contribution in [1.82, 2.24) is 10.4 Å². The van der Waals surface area contributed by atoms with E-state index < -0.39 is 0 Å². The number of thioether (sulfide) groups is 1. The topological polar surface area (TPSA) is 63.6 Å². The average molecular weight is 416 g/mol. The third-order valence-corrected chi connectivity index (χ3v) is 5.61. The van der Waals surface area contributed by atoms with E-state index in [4.69, 9.17) is 4.74 Å². The van der Waals surface area contributed by atoms with Gasteiger partial charge in [-0.1, -0.05) is 48.5 Å². The molecular weight excluding hydrogens is 394 g/mol. The SMILES string of the molecule is CCOc1ccc2ccccc2c1/C=N\NC(=O)CSc1cccc2cccnc12. The molecular formula is C24H21N3O2S. The van der Waals surface area contributed by atoms with Crippen molar-refractivity contribution in [2.75, 3.05) is 12.4 Å². The van der Waals surface area contributed by atoms with Crippen LogP contribution in [0.3, 0.4) is 0 Å². The van der Waals surface area contributed by atoms with Crippen LogP contribution in [0, 0.1) is 0 Å². The van der Waals surface area contributed by atoms with Gasteiger partial charge in [-0.3, -0.25) is 9.78 Å². The lowest BCUT2D eigenvalue weighted by molar-refractivity contribution is -0.118. The number of nitrogens with one attached hydrogen (secondary N) is 1. The number of hydrogen-bond donors (Lipinski definition) is 1. The third-order valence-electron chi connectivity index (χ3n) is 4.57. The number of ether oxygens (including phenoxy) is 1. The highest BCUT2D eigenvalue weighted by Gasteiger charge is 2.08. The summed E-state index contributed by atoms with van der Waals surface area (Å²) in [6.45, 7) is 2.50. The maximum absolute atomic E-state index is 12.3. The minimum atomic E-state index is -0.178. The Hall–Kier alpha value is -3.38. The number of carbonyl (C=O) groups is 1. The molecule has 1 aromatic heterocycles. The van der Waals surface area contributed by atoms with Gasteiger partial charge in [-0.2, -0.15) is 5.10 Å². The van der Waals surface area contributed by atoms with Gasteiger partial charge in [0.05, 0.1) is 24.1 Å². The minimum Gasteiger partial charge on any atom is -0.493 e. The first-order valence-electron chi connectivity index (χ1n) is 9.69. The van der Waals surface area contributed by atoms with Crippen LogP contribution in [0.15, 0.2) is 82.9 Å². The van der Waals surface area contributed by atoms with Crippen LogP contribution in [0.4, 0.5) is 0 Å². The summed E-state index contributed by atoms with van der Waals surface area (Å²) in [6.07, 6.45) is 3.41. The Bertz CT molecular complexity index is 1220. The zero-order valence-electron chi connectivity index (χ0n) is 16.5. The first-order valence-corrected chi connectivity index (χ1v) is 10.7. The highest BCUT2D eigenvalue weighted by Crippen LogP contribution is 2.27. The zero-order valence-corrected chi connectivity index (χ0v) is 17.4. The molecule has 0 fully saturated rings. The molecule has 0 atom stereocenters. The Morgan fingerprint density at radius 3 is 2.80 bits per heavy atom. The molecule has 30 heavy (non-hydrogen) atoms. The third kappa shape index (κ3) is 4.44. The average Bonchev–Trinajstić information content (AvgIpc) is 2.79. The Morgan fingerprint density at radius 1 is 1.07 bits per heavy atom. The van der Waals surface area contributed by atoms with Crippen molar-refractivity contribution >= 4 is 45.6 Å². The van der Waals surface area contributed by atoms with E-state index in [0.29, 0.717) is 6.61 Å². The monoisotopic (exact) mass is 415 g/mol. The molecule has 1 heterocycles. The quantitative estimate of drug-likeness (QED) is 0.261. The van der Waals surface area contributed by atoms with E-state index in [0.717, 1.165) is 37.9 Å². The highest BCUT2D eigenvalue weighted by atomic mass is 32.2. The number of para-hydroxylation sites is 1. The number of benzene rings is 3. The maximum atomic E-state index is 12.3. The molecule has 0 bridgehead atoms. The molecule has 0 unspecified atom stereocenters. The number of nitrogens with zero attached hydrogens (tertiary/aromatic N) is 2. The van der Waals surface area contributed by atoms with Crippen LogP contribution in [-0.4, -0.2) is 29.5 Å². The second-order valence-electron chi connectivity index (χ2n) is 6.54. The van der Waals surface area contributed by atoms with Crippen LogP contribution < -0.4 is 10.2 Å². The summed E-state index contributed by atoms with van der Waals surface area (Å²) >= 11 is 1.44. The number of fused-ring (bicyclic) bond motifs is 2. The van der Waals surface area contributed by atoms with Crippen molar-refractivity contribution in [3.05, 3.63) is 78.5 Å². The predicted octanol–water partition coefficient (Wildman–Crippen LogP) is 5.03. The lowest BCUT2D eigenvalue weighted by Gasteiger charge is -2.10. The normalized spacial score (nSPS) is 11.2. The van der Waals surface area contributed by atoms with Gasteiger partial charge in [0.2, 0.25) is 5.91 Å². The van der Waals surface area contributed by atoms with E-state index in [-0.39, 0.29) is 11.7 Å². The molecule has 0 saturated heterocycles. The van der Waals surface area contributed by atoms with Crippen molar-refractivity contribution in [2.45, 2.75) is 11.8 Å². The van der Waals surface area contributed by atoms with Crippen molar-refractivity contribution in [1.29, 1.82) is 0 Å². The van der Waals surface area contributed by atoms with E-state index in [2.05, 4.69) is 15.5 Å². The number of aromatic nitrogens is 1. The lowest BCUT2D eigenvalue weighted by atomic mass is 10.0. The Labute approximate surface area is 179 Å². The van der Waals surface area contributed by atoms with Crippen molar-refractivity contribution in [2.24, 2.45) is 5.10 Å². The largest absolute Gasteiger partial charge is 0.493 e. The highest BCUT2D eigenvalue weighted by molar-refractivity contribution is 8.00. The van der Waals surface area contributed by atoms with Gasteiger partial charge in [0.25, 0.3) is 0 Å². The maximum Gasteiger partial charge on any atom is 0.250 e. The summed E-state index contributed by atoms with van der Waals surface area (Å²) in [5.74, 6) is 0.814. The van der Waals surface area contributed by atoms with Gasteiger partial charge in [-0.15, -0.1) is 11.8 Å². The van der Waals surface area contributed by atoms with Gasteiger partial charge in [0.15, 0.2) is 0 Å². The Morgan fingerprint density at radius 2 is 1.90 bits per heavy atom. The Kier molecular flexibility index (Phi) is 6.25. The van der Waals surface area contributed by atoms with Crippen LogP contribution in [0.25, 0.3) is 21.7 Å². The first-order chi connectivity index (χ1) is 14.8. The molecule has 6 heteroatoms.